The Bertz CT molecular complexity index is 1190. The number of oxazole rings is 1. The summed E-state index contributed by atoms with van der Waals surface area (Å²) in [4.78, 5) is 16.6. The van der Waals surface area contributed by atoms with E-state index in [0.29, 0.717) is 11.7 Å². The van der Waals surface area contributed by atoms with Gasteiger partial charge in [0, 0.05) is 18.0 Å². The monoisotopic (exact) mass is 326 g/mol. The fraction of sp³-hybridized carbons (Fsp3) is 0.0500. The molecule has 2 aromatic carbocycles. The minimum Gasteiger partial charge on any atom is -0.434 e. The number of H-pyrrole nitrogens is 1. The number of benzene rings is 2. The lowest BCUT2D eigenvalue weighted by Gasteiger charge is -2.01. The second-order valence-electron chi connectivity index (χ2n) is 6.06. The molecule has 1 N–H and O–H groups in total. The van der Waals surface area contributed by atoms with E-state index in [9.17, 15) is 0 Å². The fourth-order valence-electron chi connectivity index (χ4n) is 2.97. The number of imidazole rings is 1. The van der Waals surface area contributed by atoms with Crippen LogP contribution in [0, 0.1) is 6.92 Å². The van der Waals surface area contributed by atoms with Crippen LogP contribution in [0.25, 0.3) is 45.0 Å². The molecule has 0 spiro atoms. The van der Waals surface area contributed by atoms with Crippen molar-refractivity contribution >= 4 is 22.1 Å². The zero-order valence-electron chi connectivity index (χ0n) is 13.5. The summed E-state index contributed by atoms with van der Waals surface area (Å²) in [7, 11) is 0. The number of hydrogen-bond acceptors (Lipinski definition) is 4. The summed E-state index contributed by atoms with van der Waals surface area (Å²) in [5, 5.41) is 0. The average Bonchev–Trinajstić information content (AvgIpc) is 3.24. The van der Waals surface area contributed by atoms with Gasteiger partial charge < -0.3 is 9.40 Å². The number of para-hydroxylation sites is 2. The maximum Gasteiger partial charge on any atom is 0.264 e. The molecule has 0 aliphatic rings. The Hall–Kier alpha value is -3.47. The van der Waals surface area contributed by atoms with Gasteiger partial charge in [-0.25, -0.2) is 9.97 Å². The smallest absolute Gasteiger partial charge is 0.264 e. The summed E-state index contributed by atoms with van der Waals surface area (Å²) in [6, 6.07) is 16.0. The first-order valence-corrected chi connectivity index (χ1v) is 8.04. The van der Waals surface area contributed by atoms with Crippen LogP contribution in [0.5, 0.6) is 0 Å². The molecule has 0 aliphatic heterocycles. The first-order valence-electron chi connectivity index (χ1n) is 8.04. The predicted molar refractivity (Wildman–Crippen MR) is 97.1 cm³/mol. The molecule has 5 aromatic rings. The molecule has 5 heteroatoms. The molecule has 0 bridgehead atoms. The van der Waals surface area contributed by atoms with Crippen LogP contribution in [0.15, 0.2) is 65.3 Å². The molecule has 0 radical (unpaired) electrons. The molecule has 0 aliphatic carbocycles. The Morgan fingerprint density at radius 3 is 2.68 bits per heavy atom. The van der Waals surface area contributed by atoms with Gasteiger partial charge in [-0.15, -0.1) is 0 Å². The molecule has 0 unspecified atom stereocenters. The van der Waals surface area contributed by atoms with Crippen LogP contribution in [-0.4, -0.2) is 19.9 Å². The molecule has 0 saturated heterocycles. The maximum atomic E-state index is 5.95. The lowest BCUT2D eigenvalue weighted by molar-refractivity contribution is 0.614. The molecule has 0 amide bonds. The van der Waals surface area contributed by atoms with Crippen molar-refractivity contribution in [3.63, 3.8) is 0 Å². The number of hydrogen-bond donors (Lipinski definition) is 1. The van der Waals surface area contributed by atoms with E-state index in [1.807, 2.05) is 61.8 Å². The summed E-state index contributed by atoms with van der Waals surface area (Å²) in [5.74, 6) is 1.13. The van der Waals surface area contributed by atoms with Crippen molar-refractivity contribution in [3.8, 4) is 22.8 Å². The number of aryl methyl sites for hydroxylation is 1. The molecule has 0 saturated carbocycles. The van der Waals surface area contributed by atoms with Gasteiger partial charge in [0.1, 0.15) is 5.52 Å². The van der Waals surface area contributed by atoms with Crippen molar-refractivity contribution in [2.24, 2.45) is 0 Å². The van der Waals surface area contributed by atoms with Crippen LogP contribution < -0.4 is 0 Å². The Morgan fingerprint density at radius 2 is 1.80 bits per heavy atom. The molecule has 0 atom stereocenters. The second kappa shape index (κ2) is 5.27. The van der Waals surface area contributed by atoms with Crippen molar-refractivity contribution in [2.75, 3.05) is 0 Å². The van der Waals surface area contributed by atoms with Gasteiger partial charge in [-0.1, -0.05) is 18.2 Å². The van der Waals surface area contributed by atoms with Gasteiger partial charge >= 0.3 is 0 Å². The van der Waals surface area contributed by atoms with Crippen molar-refractivity contribution < 1.29 is 4.42 Å². The van der Waals surface area contributed by atoms with Crippen molar-refractivity contribution in [1.29, 1.82) is 0 Å². The standard InChI is InChI=1S/C20H14N4O/c1-12-8-14(11-21-10-12)13-6-7-17-18(9-13)25-20(24-17)19-22-15-4-2-3-5-16(15)23-19/h2-11H,1H3,(H,22,23). The topological polar surface area (TPSA) is 67.6 Å². The Morgan fingerprint density at radius 1 is 0.880 bits per heavy atom. The third-order valence-corrected chi connectivity index (χ3v) is 4.19. The number of aromatic amines is 1. The van der Waals surface area contributed by atoms with Crippen LogP contribution in [0.4, 0.5) is 0 Å². The summed E-state index contributed by atoms with van der Waals surface area (Å²) < 4.78 is 5.95. The molecule has 5 rings (SSSR count). The van der Waals surface area contributed by atoms with Gasteiger partial charge in [0.25, 0.3) is 5.89 Å². The SMILES string of the molecule is Cc1cncc(-c2ccc3nc(-c4nc5ccccc5[nH]4)oc3c2)c1. The first kappa shape index (κ1) is 13.9. The van der Waals surface area contributed by atoms with E-state index in [2.05, 4.69) is 26.0 Å². The Balaban J connectivity index is 1.61. The third kappa shape index (κ3) is 2.37. The van der Waals surface area contributed by atoms with Gasteiger partial charge in [-0.3, -0.25) is 4.98 Å². The lowest BCUT2D eigenvalue weighted by atomic mass is 10.1. The number of aromatic nitrogens is 4. The van der Waals surface area contributed by atoms with E-state index in [4.69, 9.17) is 4.42 Å². The van der Waals surface area contributed by atoms with Crippen molar-refractivity contribution in [1.82, 2.24) is 19.9 Å². The fourth-order valence-corrected chi connectivity index (χ4v) is 2.97. The average molecular weight is 326 g/mol. The van der Waals surface area contributed by atoms with E-state index in [-0.39, 0.29) is 0 Å². The van der Waals surface area contributed by atoms with E-state index in [1.165, 1.54) is 0 Å². The largest absolute Gasteiger partial charge is 0.434 e. The Labute approximate surface area is 143 Å². The van der Waals surface area contributed by atoms with E-state index in [0.717, 1.165) is 38.8 Å². The van der Waals surface area contributed by atoms with Gasteiger partial charge in [-0.2, -0.15) is 0 Å². The highest BCUT2D eigenvalue weighted by atomic mass is 16.3. The highest BCUT2D eigenvalue weighted by Crippen LogP contribution is 2.28. The highest BCUT2D eigenvalue weighted by molar-refractivity contribution is 5.83. The minimum atomic E-state index is 0.491. The Kier molecular flexibility index (Phi) is 2.94. The molecule has 120 valence electrons. The number of rotatable bonds is 2. The number of pyridine rings is 1. The number of fused-ring (bicyclic) bond motifs is 2. The van der Waals surface area contributed by atoms with Gasteiger partial charge in [0.05, 0.1) is 11.0 Å². The third-order valence-electron chi connectivity index (χ3n) is 4.19. The zero-order chi connectivity index (χ0) is 16.8. The van der Waals surface area contributed by atoms with Gasteiger partial charge in [-0.05, 0) is 48.4 Å². The quantitative estimate of drug-likeness (QED) is 0.509. The van der Waals surface area contributed by atoms with Crippen molar-refractivity contribution in [2.45, 2.75) is 6.92 Å². The molecular weight excluding hydrogens is 312 g/mol. The van der Waals surface area contributed by atoms with Crippen LogP contribution in [0.1, 0.15) is 5.56 Å². The lowest BCUT2D eigenvalue weighted by Crippen LogP contribution is -1.82. The molecule has 0 fully saturated rings. The maximum absolute atomic E-state index is 5.95. The van der Waals surface area contributed by atoms with E-state index in [1.54, 1.807) is 0 Å². The first-order chi connectivity index (χ1) is 12.3. The van der Waals surface area contributed by atoms with Crippen LogP contribution in [-0.2, 0) is 0 Å². The molecule has 3 heterocycles. The van der Waals surface area contributed by atoms with Crippen LogP contribution in [0.3, 0.4) is 0 Å². The number of nitrogens with one attached hydrogen (secondary N) is 1. The van der Waals surface area contributed by atoms with Crippen molar-refractivity contribution in [3.05, 3.63) is 66.5 Å². The van der Waals surface area contributed by atoms with Crippen LogP contribution >= 0.6 is 0 Å². The number of nitrogens with zero attached hydrogens (tertiary/aromatic N) is 3. The highest BCUT2D eigenvalue weighted by Gasteiger charge is 2.13. The van der Waals surface area contributed by atoms with Gasteiger partial charge in [0.2, 0.25) is 0 Å². The summed E-state index contributed by atoms with van der Waals surface area (Å²) in [6.07, 6.45) is 3.70. The molecule has 5 nitrogen and oxygen atoms in total. The zero-order valence-corrected chi connectivity index (χ0v) is 13.5. The summed E-state index contributed by atoms with van der Waals surface area (Å²) in [6.45, 7) is 2.03. The predicted octanol–water partition coefficient (Wildman–Crippen LogP) is 4.74. The molecular formula is C20H14N4O. The van der Waals surface area contributed by atoms with E-state index >= 15 is 0 Å². The molecule has 3 aromatic heterocycles. The summed E-state index contributed by atoms with van der Waals surface area (Å²) >= 11 is 0. The minimum absolute atomic E-state index is 0.491. The molecule has 25 heavy (non-hydrogen) atoms. The second-order valence-corrected chi connectivity index (χ2v) is 6.06. The summed E-state index contributed by atoms with van der Waals surface area (Å²) in [5.41, 5.74) is 6.63. The van der Waals surface area contributed by atoms with E-state index < -0.39 is 0 Å². The van der Waals surface area contributed by atoms with Gasteiger partial charge in [0.15, 0.2) is 11.4 Å². The van der Waals surface area contributed by atoms with Crippen LogP contribution in [0.2, 0.25) is 0 Å². The normalized spacial score (nSPS) is 11.4.